The van der Waals surface area contributed by atoms with Gasteiger partial charge in [-0.25, -0.2) is 4.79 Å². The fourth-order valence-electron chi connectivity index (χ4n) is 1.69. The van der Waals surface area contributed by atoms with Crippen LogP contribution in [0.3, 0.4) is 0 Å². The summed E-state index contributed by atoms with van der Waals surface area (Å²) in [6.45, 7) is 5.43. The van der Waals surface area contributed by atoms with E-state index in [2.05, 4.69) is 4.98 Å². The van der Waals surface area contributed by atoms with Crippen molar-refractivity contribution in [2.45, 2.75) is 26.2 Å². The molecule has 1 aliphatic rings. The first kappa shape index (κ1) is 12.1. The third-order valence-corrected chi connectivity index (χ3v) is 2.68. The summed E-state index contributed by atoms with van der Waals surface area (Å²) in [7, 11) is 0. The van der Waals surface area contributed by atoms with Gasteiger partial charge in [0, 0.05) is 18.7 Å². The van der Waals surface area contributed by atoms with E-state index in [1.807, 2.05) is 13.8 Å². The van der Waals surface area contributed by atoms with Crippen LogP contribution in [0, 0.1) is 5.92 Å². The summed E-state index contributed by atoms with van der Waals surface area (Å²) >= 11 is 0. The molecular weight excluding hydrogens is 222 g/mol. The van der Waals surface area contributed by atoms with E-state index in [-0.39, 0.29) is 17.4 Å². The molecule has 2 N–H and O–H groups in total. The predicted octanol–water partition coefficient (Wildman–Crippen LogP) is 0.225. The van der Waals surface area contributed by atoms with Crippen molar-refractivity contribution in [2.75, 3.05) is 18.9 Å². The summed E-state index contributed by atoms with van der Waals surface area (Å²) in [6.07, 6.45) is 1.64. The number of hydrogen-bond donors (Lipinski definition) is 1. The van der Waals surface area contributed by atoms with Gasteiger partial charge in [-0.05, 0) is 19.9 Å². The monoisotopic (exact) mass is 239 g/mol. The second kappa shape index (κ2) is 4.46. The molecule has 0 spiro atoms. The molecule has 0 aliphatic carbocycles. The minimum atomic E-state index is -0.527. The number of anilines is 1. The zero-order valence-corrected chi connectivity index (χ0v) is 10.0. The number of nitrogens with zero attached hydrogens (tertiary/aromatic N) is 2. The van der Waals surface area contributed by atoms with Gasteiger partial charge in [0.15, 0.2) is 5.79 Å². The molecule has 0 radical (unpaired) electrons. The van der Waals surface area contributed by atoms with Gasteiger partial charge < -0.3 is 15.2 Å². The van der Waals surface area contributed by atoms with Crippen LogP contribution in [-0.2, 0) is 16.0 Å². The van der Waals surface area contributed by atoms with Gasteiger partial charge in [0.2, 0.25) is 0 Å². The van der Waals surface area contributed by atoms with Crippen molar-refractivity contribution >= 4 is 5.82 Å². The van der Waals surface area contributed by atoms with Gasteiger partial charge in [-0.1, -0.05) is 0 Å². The molecule has 0 unspecified atom stereocenters. The molecule has 6 heteroatoms. The van der Waals surface area contributed by atoms with E-state index in [1.165, 1.54) is 4.57 Å². The van der Waals surface area contributed by atoms with E-state index in [0.29, 0.717) is 19.8 Å². The van der Waals surface area contributed by atoms with Crippen LogP contribution >= 0.6 is 0 Å². The second-order valence-corrected chi connectivity index (χ2v) is 4.68. The largest absolute Gasteiger partial charge is 0.383 e. The highest BCUT2D eigenvalue weighted by Crippen LogP contribution is 2.20. The molecule has 17 heavy (non-hydrogen) atoms. The maximum Gasteiger partial charge on any atom is 0.349 e. The first-order valence-electron chi connectivity index (χ1n) is 5.57. The van der Waals surface area contributed by atoms with Crippen LogP contribution in [0.2, 0.25) is 0 Å². The van der Waals surface area contributed by atoms with Gasteiger partial charge in [-0.2, -0.15) is 4.98 Å². The van der Waals surface area contributed by atoms with Crippen molar-refractivity contribution in [1.29, 1.82) is 0 Å². The van der Waals surface area contributed by atoms with Gasteiger partial charge in [-0.15, -0.1) is 0 Å². The lowest BCUT2D eigenvalue weighted by Gasteiger charge is -2.35. The zero-order chi connectivity index (χ0) is 12.5. The number of rotatable bonds is 2. The molecule has 0 saturated carbocycles. The van der Waals surface area contributed by atoms with E-state index in [0.717, 1.165) is 0 Å². The summed E-state index contributed by atoms with van der Waals surface area (Å²) in [6, 6.07) is 1.61. The van der Waals surface area contributed by atoms with Gasteiger partial charge >= 0.3 is 5.69 Å². The maximum absolute atomic E-state index is 11.5. The molecule has 1 fully saturated rings. The highest BCUT2D eigenvalue weighted by Gasteiger charge is 2.28. The first-order chi connectivity index (χ1) is 7.96. The Bertz CT molecular complexity index is 446. The topological polar surface area (TPSA) is 79.4 Å². The summed E-state index contributed by atoms with van der Waals surface area (Å²) < 4.78 is 12.6. The number of ether oxygens (including phenoxy) is 2. The lowest BCUT2D eigenvalue weighted by atomic mass is 10.1. The van der Waals surface area contributed by atoms with Gasteiger partial charge in [0.1, 0.15) is 5.82 Å². The average Bonchev–Trinajstić information content (AvgIpc) is 2.25. The highest BCUT2D eigenvalue weighted by atomic mass is 16.7. The minimum Gasteiger partial charge on any atom is -0.383 e. The number of hydrogen-bond acceptors (Lipinski definition) is 5. The van der Waals surface area contributed by atoms with Crippen molar-refractivity contribution in [1.82, 2.24) is 9.55 Å². The van der Waals surface area contributed by atoms with Crippen molar-refractivity contribution in [3.8, 4) is 0 Å². The van der Waals surface area contributed by atoms with Crippen LogP contribution in [0.25, 0.3) is 0 Å². The molecule has 2 heterocycles. The summed E-state index contributed by atoms with van der Waals surface area (Å²) in [5, 5.41) is 0. The maximum atomic E-state index is 11.5. The number of nitrogen functional groups attached to an aromatic ring is 1. The Morgan fingerprint density at radius 1 is 1.53 bits per heavy atom. The molecule has 1 aromatic heterocycles. The second-order valence-electron chi connectivity index (χ2n) is 4.68. The Labute approximate surface area is 99.4 Å². The normalized spacial score (nSPS) is 20.4. The van der Waals surface area contributed by atoms with Crippen LogP contribution < -0.4 is 11.4 Å². The quantitative estimate of drug-likeness (QED) is 0.799. The van der Waals surface area contributed by atoms with Crippen LogP contribution in [-0.4, -0.2) is 28.6 Å². The summed E-state index contributed by atoms with van der Waals surface area (Å²) in [4.78, 5) is 15.2. The smallest absolute Gasteiger partial charge is 0.349 e. The lowest BCUT2D eigenvalue weighted by molar-refractivity contribution is -0.263. The van der Waals surface area contributed by atoms with E-state index in [1.54, 1.807) is 12.3 Å². The van der Waals surface area contributed by atoms with E-state index in [9.17, 15) is 4.79 Å². The Balaban J connectivity index is 2.00. The van der Waals surface area contributed by atoms with Gasteiger partial charge in [0.25, 0.3) is 0 Å². The molecule has 0 bridgehead atoms. The van der Waals surface area contributed by atoms with Crippen molar-refractivity contribution in [2.24, 2.45) is 5.92 Å². The molecule has 0 aromatic carbocycles. The first-order valence-corrected chi connectivity index (χ1v) is 5.57. The van der Waals surface area contributed by atoms with E-state index in [4.69, 9.17) is 15.2 Å². The standard InChI is InChI=1S/C11H17N3O3/c1-11(2)16-6-8(7-17-11)5-14-4-3-9(12)13-10(14)15/h3-4,8H,5-7H2,1-2H3,(H2,12,13,15). The highest BCUT2D eigenvalue weighted by molar-refractivity contribution is 5.23. The van der Waals surface area contributed by atoms with Gasteiger partial charge in [0.05, 0.1) is 13.2 Å². The molecule has 2 rings (SSSR count). The van der Waals surface area contributed by atoms with Crippen molar-refractivity contribution < 1.29 is 9.47 Å². The Hall–Kier alpha value is -1.40. The Morgan fingerprint density at radius 3 is 2.76 bits per heavy atom. The predicted molar refractivity (Wildman–Crippen MR) is 62.4 cm³/mol. The van der Waals surface area contributed by atoms with E-state index >= 15 is 0 Å². The minimum absolute atomic E-state index is 0.158. The van der Waals surface area contributed by atoms with Crippen molar-refractivity contribution in [3.63, 3.8) is 0 Å². The molecule has 1 aliphatic heterocycles. The lowest BCUT2D eigenvalue weighted by Crippen LogP contribution is -2.41. The van der Waals surface area contributed by atoms with E-state index < -0.39 is 5.79 Å². The third-order valence-electron chi connectivity index (χ3n) is 2.68. The summed E-state index contributed by atoms with van der Waals surface area (Å²) in [5.74, 6) is -0.129. The fourth-order valence-corrected chi connectivity index (χ4v) is 1.69. The number of nitrogens with two attached hydrogens (primary N) is 1. The van der Waals surface area contributed by atoms with Crippen LogP contribution in [0.15, 0.2) is 17.1 Å². The molecule has 1 saturated heterocycles. The van der Waals surface area contributed by atoms with Crippen molar-refractivity contribution in [3.05, 3.63) is 22.7 Å². The van der Waals surface area contributed by atoms with Gasteiger partial charge in [-0.3, -0.25) is 4.57 Å². The molecule has 1 aromatic rings. The molecule has 0 amide bonds. The van der Waals surface area contributed by atoms with Crippen LogP contribution in [0.5, 0.6) is 0 Å². The van der Waals surface area contributed by atoms with Crippen LogP contribution in [0.4, 0.5) is 5.82 Å². The molecule has 0 atom stereocenters. The Kier molecular flexibility index (Phi) is 3.17. The third kappa shape index (κ3) is 3.04. The molecular formula is C11H17N3O3. The molecule has 6 nitrogen and oxygen atoms in total. The number of aromatic nitrogens is 2. The fraction of sp³-hybridized carbons (Fsp3) is 0.636. The average molecular weight is 239 g/mol. The van der Waals surface area contributed by atoms with Crippen LogP contribution in [0.1, 0.15) is 13.8 Å². The summed E-state index contributed by atoms with van der Waals surface area (Å²) in [5.41, 5.74) is 5.08. The Morgan fingerprint density at radius 2 is 2.18 bits per heavy atom. The SMILES string of the molecule is CC1(C)OCC(Cn2ccc(N)nc2=O)CO1. The zero-order valence-electron chi connectivity index (χ0n) is 10.0. The molecule has 94 valence electrons.